The fourth-order valence-corrected chi connectivity index (χ4v) is 3.58. The number of thiophene rings is 1. The molecule has 0 spiro atoms. The smallest absolute Gasteiger partial charge is 0.196 e. The van der Waals surface area contributed by atoms with E-state index in [-0.39, 0.29) is 5.82 Å². The Morgan fingerprint density at radius 3 is 2.88 bits per heavy atom. The molecule has 2 aromatic rings. The molecule has 3 rings (SSSR count). The second-order valence-corrected chi connectivity index (χ2v) is 5.88. The summed E-state index contributed by atoms with van der Waals surface area (Å²) in [5.74, 6) is 0.276. The molecule has 4 atom stereocenters. The summed E-state index contributed by atoms with van der Waals surface area (Å²) in [6, 6.07) is -1.12. The molecular formula is C11H11N9O3S. The van der Waals surface area contributed by atoms with E-state index in [2.05, 4.69) is 30.0 Å². The zero-order valence-corrected chi connectivity index (χ0v) is 12.8. The first kappa shape index (κ1) is 16.2. The Kier molecular flexibility index (Phi) is 4.11. The Morgan fingerprint density at radius 2 is 2.21 bits per heavy atom. The molecule has 24 heavy (non-hydrogen) atoms. The maximum absolute atomic E-state index is 10.4. The lowest BCUT2D eigenvalue weighted by atomic mass is 9.98. The molecule has 4 N–H and O–H groups in total. The lowest BCUT2D eigenvalue weighted by molar-refractivity contribution is -0.107. The van der Waals surface area contributed by atoms with Crippen LogP contribution in [0.15, 0.2) is 21.9 Å². The van der Waals surface area contributed by atoms with Crippen molar-refractivity contribution in [2.75, 3.05) is 12.3 Å². The van der Waals surface area contributed by atoms with Crippen molar-refractivity contribution in [2.45, 2.75) is 24.0 Å². The number of aliphatic hydroxyl groups is 2. The van der Waals surface area contributed by atoms with Gasteiger partial charge in [-0.1, -0.05) is 10.2 Å². The highest BCUT2D eigenvalue weighted by Gasteiger charge is 2.55. The number of hydrogen-bond acceptors (Lipinski definition) is 9. The van der Waals surface area contributed by atoms with Crippen LogP contribution in [0, 0.1) is 0 Å². The summed E-state index contributed by atoms with van der Waals surface area (Å²) in [5.41, 5.74) is 22.3. The van der Waals surface area contributed by atoms with E-state index in [4.69, 9.17) is 21.5 Å². The number of fused-ring (bicyclic) bond motifs is 1. The van der Waals surface area contributed by atoms with Crippen LogP contribution in [0.1, 0.15) is 11.7 Å². The van der Waals surface area contributed by atoms with Crippen molar-refractivity contribution >= 4 is 27.4 Å². The van der Waals surface area contributed by atoms with E-state index >= 15 is 0 Å². The second kappa shape index (κ2) is 6.09. The largest absolute Gasteiger partial charge is 0.393 e. The third-order valence-electron chi connectivity index (χ3n) is 3.77. The molecule has 1 aliphatic heterocycles. The summed E-state index contributed by atoms with van der Waals surface area (Å²) in [7, 11) is 0. The minimum atomic E-state index is -1.95. The molecule has 1 fully saturated rings. The number of nitrogen functional groups attached to an aromatic ring is 1. The van der Waals surface area contributed by atoms with E-state index in [1.54, 1.807) is 5.38 Å². The summed E-state index contributed by atoms with van der Waals surface area (Å²) < 4.78 is 6.24. The van der Waals surface area contributed by atoms with E-state index in [1.807, 2.05) is 0 Å². The van der Waals surface area contributed by atoms with E-state index in [0.717, 1.165) is 0 Å². The number of anilines is 1. The normalized spacial score (nSPS) is 29.2. The van der Waals surface area contributed by atoms with Crippen molar-refractivity contribution in [1.29, 1.82) is 0 Å². The van der Waals surface area contributed by atoms with Crippen LogP contribution in [0.2, 0.25) is 0 Å². The molecule has 1 saturated heterocycles. The molecule has 3 heterocycles. The van der Waals surface area contributed by atoms with Gasteiger partial charge in [-0.2, -0.15) is 0 Å². The molecule has 124 valence electrons. The van der Waals surface area contributed by atoms with Crippen LogP contribution < -0.4 is 5.73 Å². The predicted molar refractivity (Wildman–Crippen MR) is 83.6 cm³/mol. The van der Waals surface area contributed by atoms with E-state index in [9.17, 15) is 10.2 Å². The molecule has 0 aliphatic carbocycles. The van der Waals surface area contributed by atoms with Crippen molar-refractivity contribution in [3.8, 4) is 0 Å². The number of nitrogens with two attached hydrogens (primary N) is 1. The highest BCUT2D eigenvalue weighted by molar-refractivity contribution is 7.17. The fraction of sp³-hybridized carbons (Fsp3) is 0.455. The van der Waals surface area contributed by atoms with Gasteiger partial charge in [0.25, 0.3) is 0 Å². The maximum Gasteiger partial charge on any atom is 0.196 e. The molecule has 0 radical (unpaired) electrons. The lowest BCUT2D eigenvalue weighted by Crippen LogP contribution is -2.43. The highest BCUT2D eigenvalue weighted by atomic mass is 32.1. The molecule has 0 saturated carbocycles. The predicted octanol–water partition coefficient (Wildman–Crippen LogP) is 1.38. The zero-order valence-electron chi connectivity index (χ0n) is 12.0. The monoisotopic (exact) mass is 349 g/mol. The summed E-state index contributed by atoms with van der Waals surface area (Å²) in [6.45, 7) is -0.786. The van der Waals surface area contributed by atoms with Gasteiger partial charge < -0.3 is 20.7 Å². The summed E-state index contributed by atoms with van der Waals surface area (Å²) in [5, 5.41) is 28.5. The maximum atomic E-state index is 10.4. The van der Waals surface area contributed by atoms with Gasteiger partial charge in [0.1, 0.15) is 18.2 Å². The Bertz CT molecular complexity index is 875. The van der Waals surface area contributed by atoms with E-state index < -0.39 is 30.6 Å². The van der Waals surface area contributed by atoms with Gasteiger partial charge in [0, 0.05) is 15.4 Å². The highest BCUT2D eigenvalue weighted by Crippen LogP contribution is 2.45. The molecule has 0 amide bonds. The molecule has 0 bridgehead atoms. The molecular weight excluding hydrogens is 338 g/mol. The first-order chi connectivity index (χ1) is 11.6. The summed E-state index contributed by atoms with van der Waals surface area (Å²) in [6.07, 6.45) is -1.24. The number of hydrogen-bond donors (Lipinski definition) is 3. The SMILES string of the molecule is [N-]=[N+]=N[C@H]1[C@H](c2csc3c(N)ncnc23)O[C@@](CO)(N=[N+]=[N-])[C@H]1O. The van der Waals surface area contributed by atoms with Crippen molar-refractivity contribution in [3.63, 3.8) is 0 Å². The number of aliphatic hydroxyl groups excluding tert-OH is 2. The first-order valence-electron chi connectivity index (χ1n) is 6.62. The van der Waals surface area contributed by atoms with E-state index in [1.165, 1.54) is 17.7 Å². The van der Waals surface area contributed by atoms with Crippen LogP contribution in [0.4, 0.5) is 5.82 Å². The van der Waals surface area contributed by atoms with Crippen LogP contribution >= 0.6 is 11.3 Å². The number of ether oxygens (including phenoxy) is 1. The van der Waals surface area contributed by atoms with Crippen molar-refractivity contribution in [3.05, 3.63) is 38.2 Å². The van der Waals surface area contributed by atoms with Gasteiger partial charge in [-0.15, -0.1) is 11.3 Å². The van der Waals surface area contributed by atoms with E-state index in [0.29, 0.717) is 15.8 Å². The number of aromatic nitrogens is 2. The van der Waals surface area contributed by atoms with Gasteiger partial charge in [-0.25, -0.2) is 9.97 Å². The Labute approximate surface area is 137 Å². The molecule has 0 unspecified atom stereocenters. The van der Waals surface area contributed by atoms with Crippen LogP contribution in [-0.2, 0) is 4.74 Å². The average Bonchev–Trinajstić information content (AvgIpc) is 3.11. The Morgan fingerprint density at radius 1 is 1.42 bits per heavy atom. The topological polar surface area (TPSA) is 199 Å². The van der Waals surface area contributed by atoms with Crippen molar-refractivity contribution in [2.24, 2.45) is 10.2 Å². The summed E-state index contributed by atoms with van der Waals surface area (Å²) in [4.78, 5) is 13.3. The van der Waals surface area contributed by atoms with Gasteiger partial charge in [0.15, 0.2) is 5.72 Å². The van der Waals surface area contributed by atoms with Gasteiger partial charge in [-0.3, -0.25) is 0 Å². The van der Waals surface area contributed by atoms with Gasteiger partial charge >= 0.3 is 0 Å². The van der Waals surface area contributed by atoms with Gasteiger partial charge in [-0.05, 0) is 16.4 Å². The van der Waals surface area contributed by atoms with Gasteiger partial charge in [0.2, 0.25) is 0 Å². The number of rotatable bonds is 4. The molecule has 12 nitrogen and oxygen atoms in total. The van der Waals surface area contributed by atoms with Gasteiger partial charge in [0.05, 0.1) is 29.0 Å². The zero-order chi connectivity index (χ0) is 17.3. The lowest BCUT2D eigenvalue weighted by Gasteiger charge is -2.24. The summed E-state index contributed by atoms with van der Waals surface area (Å²) >= 11 is 1.26. The third-order valence-corrected chi connectivity index (χ3v) is 4.78. The van der Waals surface area contributed by atoms with Crippen LogP contribution in [-0.4, -0.2) is 44.7 Å². The third kappa shape index (κ3) is 2.29. The van der Waals surface area contributed by atoms with Crippen molar-refractivity contribution < 1.29 is 14.9 Å². The number of azide groups is 2. The second-order valence-electron chi connectivity index (χ2n) is 5.00. The fourth-order valence-electron chi connectivity index (χ4n) is 2.63. The Hall–Kier alpha value is -2.66. The van der Waals surface area contributed by atoms with Crippen LogP contribution in [0.5, 0.6) is 0 Å². The minimum Gasteiger partial charge on any atom is -0.393 e. The molecule has 0 aromatic carbocycles. The number of nitrogens with zero attached hydrogens (tertiary/aromatic N) is 8. The molecule has 1 aliphatic rings. The van der Waals surface area contributed by atoms with Crippen LogP contribution in [0.3, 0.4) is 0 Å². The minimum absolute atomic E-state index is 0.276. The molecule has 13 heteroatoms. The first-order valence-corrected chi connectivity index (χ1v) is 7.50. The van der Waals surface area contributed by atoms with Crippen molar-refractivity contribution in [1.82, 2.24) is 9.97 Å². The molecule has 2 aromatic heterocycles. The quantitative estimate of drug-likeness (QED) is 0.422. The van der Waals surface area contributed by atoms with Crippen LogP contribution in [0.25, 0.3) is 31.1 Å². The Balaban J connectivity index is 2.15. The standard InChI is InChI=1S/C11H11N9O3S/c12-10-8-5(15-3-16-10)4(1-24-8)7-6(17-19-13)9(22)11(2-21,23-7)18-20-14/h1,3,6-7,9,21-22H,2H2,(H2,12,15,16)/t6-,7-,9-,11+/m0/s1. The average molecular weight is 349 g/mol.